The highest BCUT2D eigenvalue weighted by atomic mass is 16.5. The van der Waals surface area contributed by atoms with Gasteiger partial charge in [0.1, 0.15) is 5.75 Å². The number of carbonyl (C=O) groups is 2. The lowest BCUT2D eigenvalue weighted by Gasteiger charge is -2.10. The standard InChI is InChI=1S/C19H20O4/c1-12-9-14(3)17(10-13(12)2)18(20)11-23-16-7-5-15(6-8-16)19(21)22-4/h5-10H,11H2,1-4H3. The third-order valence-corrected chi connectivity index (χ3v) is 3.79. The molecule has 4 nitrogen and oxygen atoms in total. The molecule has 0 aliphatic heterocycles. The monoisotopic (exact) mass is 312 g/mol. The summed E-state index contributed by atoms with van der Waals surface area (Å²) in [5.41, 5.74) is 4.32. The first-order valence-electron chi connectivity index (χ1n) is 7.34. The second kappa shape index (κ2) is 7.09. The summed E-state index contributed by atoms with van der Waals surface area (Å²) >= 11 is 0. The van der Waals surface area contributed by atoms with Crippen LogP contribution in [0.15, 0.2) is 36.4 Å². The van der Waals surface area contributed by atoms with Crippen LogP contribution in [0.4, 0.5) is 0 Å². The third-order valence-electron chi connectivity index (χ3n) is 3.79. The normalized spacial score (nSPS) is 10.3. The van der Waals surface area contributed by atoms with E-state index in [1.807, 2.05) is 32.9 Å². The van der Waals surface area contributed by atoms with E-state index < -0.39 is 5.97 Å². The van der Waals surface area contributed by atoms with Crippen molar-refractivity contribution in [2.24, 2.45) is 0 Å². The maximum Gasteiger partial charge on any atom is 0.337 e. The van der Waals surface area contributed by atoms with Crippen molar-refractivity contribution in [1.29, 1.82) is 0 Å². The summed E-state index contributed by atoms with van der Waals surface area (Å²) in [7, 11) is 1.33. The van der Waals surface area contributed by atoms with Gasteiger partial charge in [-0.15, -0.1) is 0 Å². The van der Waals surface area contributed by atoms with Crippen LogP contribution in [-0.2, 0) is 4.74 Å². The maximum absolute atomic E-state index is 12.3. The Hall–Kier alpha value is -2.62. The highest BCUT2D eigenvalue weighted by molar-refractivity contribution is 5.98. The molecule has 0 aliphatic rings. The molecule has 0 heterocycles. The SMILES string of the molecule is COC(=O)c1ccc(OCC(=O)c2cc(C)c(C)cc2C)cc1. The molecule has 0 radical (unpaired) electrons. The molecular weight excluding hydrogens is 292 g/mol. The molecule has 0 aliphatic carbocycles. The van der Waals surface area contributed by atoms with E-state index in [-0.39, 0.29) is 12.4 Å². The molecule has 0 saturated heterocycles. The zero-order chi connectivity index (χ0) is 17.0. The molecule has 0 bridgehead atoms. The van der Waals surface area contributed by atoms with E-state index in [2.05, 4.69) is 4.74 Å². The van der Waals surface area contributed by atoms with Crippen molar-refractivity contribution in [3.63, 3.8) is 0 Å². The number of methoxy groups -OCH3 is 1. The van der Waals surface area contributed by atoms with Crippen LogP contribution in [0, 0.1) is 20.8 Å². The summed E-state index contributed by atoms with van der Waals surface area (Å²) in [6.45, 7) is 5.89. The first kappa shape index (κ1) is 16.7. The van der Waals surface area contributed by atoms with Crippen LogP contribution in [-0.4, -0.2) is 25.5 Å². The lowest BCUT2D eigenvalue weighted by Crippen LogP contribution is -2.13. The lowest BCUT2D eigenvalue weighted by molar-refractivity contribution is 0.0600. The number of rotatable bonds is 5. The van der Waals surface area contributed by atoms with Gasteiger partial charge in [0.05, 0.1) is 12.7 Å². The highest BCUT2D eigenvalue weighted by Crippen LogP contribution is 2.17. The van der Waals surface area contributed by atoms with E-state index in [4.69, 9.17) is 4.74 Å². The number of hydrogen-bond acceptors (Lipinski definition) is 4. The molecule has 0 unspecified atom stereocenters. The molecule has 2 rings (SSSR count). The summed E-state index contributed by atoms with van der Waals surface area (Å²) < 4.78 is 10.1. The van der Waals surface area contributed by atoms with Crippen LogP contribution >= 0.6 is 0 Å². The van der Waals surface area contributed by atoms with E-state index in [0.717, 1.165) is 11.1 Å². The number of hydrogen-bond donors (Lipinski definition) is 0. The molecule has 0 aromatic heterocycles. The number of Topliss-reactive ketones (excluding diaryl/α,β-unsaturated/α-hetero) is 1. The summed E-state index contributed by atoms with van der Waals surface area (Å²) in [5.74, 6) is 0.0634. The van der Waals surface area contributed by atoms with E-state index in [1.54, 1.807) is 24.3 Å². The molecule has 0 fully saturated rings. The van der Waals surface area contributed by atoms with Crippen LogP contribution in [0.25, 0.3) is 0 Å². The molecule has 0 atom stereocenters. The second-order valence-corrected chi connectivity index (χ2v) is 5.48. The average molecular weight is 312 g/mol. The summed E-state index contributed by atoms with van der Waals surface area (Å²) in [6, 6.07) is 10.4. The van der Waals surface area contributed by atoms with Crippen molar-refractivity contribution in [3.8, 4) is 5.75 Å². The highest BCUT2D eigenvalue weighted by Gasteiger charge is 2.12. The van der Waals surface area contributed by atoms with Crippen LogP contribution in [0.2, 0.25) is 0 Å². The van der Waals surface area contributed by atoms with Gasteiger partial charge in [0.2, 0.25) is 0 Å². The number of esters is 1. The van der Waals surface area contributed by atoms with E-state index in [0.29, 0.717) is 16.9 Å². The minimum atomic E-state index is -0.404. The number of ether oxygens (including phenoxy) is 2. The van der Waals surface area contributed by atoms with E-state index in [9.17, 15) is 9.59 Å². The second-order valence-electron chi connectivity index (χ2n) is 5.48. The smallest absolute Gasteiger partial charge is 0.337 e. The van der Waals surface area contributed by atoms with Crippen molar-refractivity contribution in [2.75, 3.05) is 13.7 Å². The fourth-order valence-corrected chi connectivity index (χ4v) is 2.29. The fraction of sp³-hybridized carbons (Fsp3) is 0.263. The Bertz CT molecular complexity index is 730. The maximum atomic E-state index is 12.3. The quantitative estimate of drug-likeness (QED) is 0.624. The molecule has 0 saturated carbocycles. The Balaban J connectivity index is 2.05. The van der Waals surface area contributed by atoms with Gasteiger partial charge in [-0.3, -0.25) is 4.79 Å². The third kappa shape index (κ3) is 3.97. The molecule has 2 aromatic rings. The number of ketones is 1. The van der Waals surface area contributed by atoms with E-state index in [1.165, 1.54) is 12.7 Å². The fourth-order valence-electron chi connectivity index (χ4n) is 2.29. The predicted molar refractivity (Wildman–Crippen MR) is 88.3 cm³/mol. The average Bonchev–Trinajstić information content (AvgIpc) is 2.55. The molecule has 0 amide bonds. The zero-order valence-electron chi connectivity index (χ0n) is 13.8. The number of carbonyl (C=O) groups excluding carboxylic acids is 2. The van der Waals surface area contributed by atoms with Crippen LogP contribution in [0.3, 0.4) is 0 Å². The Labute approximate surface area is 136 Å². The molecule has 0 spiro atoms. The van der Waals surface area contributed by atoms with Gasteiger partial charge >= 0.3 is 5.97 Å². The minimum Gasteiger partial charge on any atom is -0.485 e. The van der Waals surface area contributed by atoms with Gasteiger partial charge in [-0.25, -0.2) is 4.79 Å². The molecule has 0 N–H and O–H groups in total. The first-order chi connectivity index (χ1) is 10.9. The van der Waals surface area contributed by atoms with Crippen LogP contribution < -0.4 is 4.74 Å². The Morgan fingerprint density at radius 3 is 2.13 bits per heavy atom. The number of benzene rings is 2. The van der Waals surface area contributed by atoms with Gasteiger partial charge in [-0.05, 0) is 67.8 Å². The topological polar surface area (TPSA) is 52.6 Å². The van der Waals surface area contributed by atoms with Gasteiger partial charge in [-0.1, -0.05) is 6.07 Å². The molecular formula is C19H20O4. The van der Waals surface area contributed by atoms with E-state index >= 15 is 0 Å². The van der Waals surface area contributed by atoms with Crippen molar-refractivity contribution < 1.29 is 19.1 Å². The minimum absolute atomic E-state index is 0.0408. The summed E-state index contributed by atoms with van der Waals surface area (Å²) in [5, 5.41) is 0. The van der Waals surface area contributed by atoms with Crippen LogP contribution in [0.1, 0.15) is 37.4 Å². The molecule has 4 heteroatoms. The van der Waals surface area contributed by atoms with Crippen molar-refractivity contribution in [3.05, 3.63) is 64.2 Å². The van der Waals surface area contributed by atoms with Gasteiger partial charge in [0, 0.05) is 5.56 Å². The first-order valence-corrected chi connectivity index (χ1v) is 7.34. The lowest BCUT2D eigenvalue weighted by atomic mass is 9.98. The van der Waals surface area contributed by atoms with Gasteiger partial charge in [-0.2, -0.15) is 0 Å². The summed E-state index contributed by atoms with van der Waals surface area (Å²) in [4.78, 5) is 23.7. The van der Waals surface area contributed by atoms with Gasteiger partial charge < -0.3 is 9.47 Å². The Kier molecular flexibility index (Phi) is 5.16. The summed E-state index contributed by atoms with van der Waals surface area (Å²) in [6.07, 6.45) is 0. The van der Waals surface area contributed by atoms with Crippen molar-refractivity contribution in [2.45, 2.75) is 20.8 Å². The molecule has 23 heavy (non-hydrogen) atoms. The van der Waals surface area contributed by atoms with Gasteiger partial charge in [0.25, 0.3) is 0 Å². The zero-order valence-corrected chi connectivity index (χ0v) is 13.8. The van der Waals surface area contributed by atoms with Crippen LogP contribution in [0.5, 0.6) is 5.75 Å². The Morgan fingerprint density at radius 1 is 0.913 bits per heavy atom. The van der Waals surface area contributed by atoms with Crippen molar-refractivity contribution in [1.82, 2.24) is 0 Å². The van der Waals surface area contributed by atoms with Gasteiger partial charge in [0.15, 0.2) is 12.4 Å². The largest absolute Gasteiger partial charge is 0.485 e. The predicted octanol–water partition coefficient (Wildman–Crippen LogP) is 3.66. The van der Waals surface area contributed by atoms with Crippen molar-refractivity contribution >= 4 is 11.8 Å². The molecule has 120 valence electrons. The number of aryl methyl sites for hydroxylation is 3. The molecule has 2 aromatic carbocycles. The Morgan fingerprint density at radius 2 is 1.52 bits per heavy atom.